The molecule has 0 radical (unpaired) electrons. The minimum Gasteiger partial charge on any atom is -0.354 e. The maximum Gasteiger partial charge on any atom is 0.274 e. The minimum atomic E-state index is -0.298. The first-order valence-electron chi connectivity index (χ1n) is 7.99. The SMILES string of the molecule is CCCc1c(C(=O)Nc2nc3ccccc3[nH]2)[nH]c(C)c1C(C)=O. The third-order valence-corrected chi connectivity index (χ3v) is 3.99. The van der Waals surface area contributed by atoms with Crippen molar-refractivity contribution in [1.82, 2.24) is 15.0 Å². The molecule has 0 saturated heterocycles. The fraction of sp³-hybridized carbons (Fsp3) is 0.278. The number of aromatic amines is 2. The third kappa shape index (κ3) is 2.82. The molecule has 0 atom stereocenters. The Balaban J connectivity index is 1.94. The molecule has 0 bridgehead atoms. The van der Waals surface area contributed by atoms with Crippen molar-refractivity contribution in [1.29, 1.82) is 0 Å². The van der Waals surface area contributed by atoms with Crippen molar-refractivity contribution < 1.29 is 9.59 Å². The number of amides is 1. The van der Waals surface area contributed by atoms with Gasteiger partial charge in [-0.3, -0.25) is 14.9 Å². The first-order valence-corrected chi connectivity index (χ1v) is 7.99. The number of rotatable bonds is 5. The molecular weight excluding hydrogens is 304 g/mol. The maximum atomic E-state index is 12.7. The van der Waals surface area contributed by atoms with Gasteiger partial charge in [-0.1, -0.05) is 25.5 Å². The van der Waals surface area contributed by atoms with Crippen LogP contribution in [-0.4, -0.2) is 26.6 Å². The van der Waals surface area contributed by atoms with Gasteiger partial charge in [-0.2, -0.15) is 0 Å². The molecule has 0 aliphatic carbocycles. The Morgan fingerprint density at radius 1 is 1.21 bits per heavy atom. The summed E-state index contributed by atoms with van der Waals surface area (Å²) in [5, 5.41) is 2.78. The average molecular weight is 324 g/mol. The second kappa shape index (κ2) is 6.31. The van der Waals surface area contributed by atoms with Gasteiger partial charge in [0.1, 0.15) is 5.69 Å². The van der Waals surface area contributed by atoms with Crippen LogP contribution in [0.3, 0.4) is 0 Å². The number of H-pyrrole nitrogens is 2. The summed E-state index contributed by atoms with van der Waals surface area (Å²) in [5.41, 5.74) is 4.19. The number of carbonyl (C=O) groups is 2. The van der Waals surface area contributed by atoms with E-state index in [-0.39, 0.29) is 11.7 Å². The van der Waals surface area contributed by atoms with Gasteiger partial charge in [-0.25, -0.2) is 4.98 Å². The van der Waals surface area contributed by atoms with Crippen molar-refractivity contribution in [2.24, 2.45) is 0 Å². The molecule has 6 nitrogen and oxygen atoms in total. The highest BCUT2D eigenvalue weighted by Crippen LogP contribution is 2.22. The third-order valence-electron chi connectivity index (χ3n) is 3.99. The predicted molar refractivity (Wildman–Crippen MR) is 93.6 cm³/mol. The molecule has 1 amide bonds. The van der Waals surface area contributed by atoms with Gasteiger partial charge in [-0.15, -0.1) is 0 Å². The van der Waals surface area contributed by atoms with Crippen molar-refractivity contribution >= 4 is 28.7 Å². The van der Waals surface area contributed by atoms with Crippen molar-refractivity contribution in [2.75, 3.05) is 5.32 Å². The van der Waals surface area contributed by atoms with Crippen LogP contribution in [-0.2, 0) is 6.42 Å². The lowest BCUT2D eigenvalue weighted by Crippen LogP contribution is -2.15. The van der Waals surface area contributed by atoms with E-state index in [0.717, 1.165) is 28.7 Å². The Morgan fingerprint density at radius 2 is 1.96 bits per heavy atom. The molecule has 124 valence electrons. The van der Waals surface area contributed by atoms with E-state index in [9.17, 15) is 9.59 Å². The van der Waals surface area contributed by atoms with Gasteiger partial charge in [0, 0.05) is 11.3 Å². The minimum absolute atomic E-state index is 0.0324. The Labute approximate surface area is 139 Å². The molecule has 0 spiro atoms. The van der Waals surface area contributed by atoms with Crippen LogP contribution in [0.1, 0.15) is 52.4 Å². The summed E-state index contributed by atoms with van der Waals surface area (Å²) in [5.74, 6) is 0.0587. The zero-order valence-electron chi connectivity index (χ0n) is 14.0. The Bertz CT molecular complexity index is 887. The number of anilines is 1. The summed E-state index contributed by atoms with van der Waals surface area (Å²) in [4.78, 5) is 35.0. The molecule has 3 N–H and O–H groups in total. The highest BCUT2D eigenvalue weighted by Gasteiger charge is 2.22. The number of hydrogen-bond donors (Lipinski definition) is 3. The van der Waals surface area contributed by atoms with Crippen LogP contribution < -0.4 is 5.32 Å². The number of imidazole rings is 1. The summed E-state index contributed by atoms with van der Waals surface area (Å²) in [7, 11) is 0. The molecule has 3 aromatic rings. The standard InChI is InChI=1S/C18H20N4O2/c1-4-7-12-15(11(3)23)10(2)19-16(12)17(24)22-18-20-13-8-5-6-9-14(13)21-18/h5-6,8-9,19H,4,7H2,1-3H3,(H2,20,21,22,24). The molecule has 0 aliphatic rings. The van der Waals surface area contributed by atoms with Gasteiger partial charge in [0.15, 0.2) is 5.78 Å². The summed E-state index contributed by atoms with van der Waals surface area (Å²) in [6, 6.07) is 7.56. The summed E-state index contributed by atoms with van der Waals surface area (Å²) < 4.78 is 0. The summed E-state index contributed by atoms with van der Waals surface area (Å²) in [6.07, 6.45) is 1.52. The van der Waals surface area contributed by atoms with E-state index >= 15 is 0 Å². The lowest BCUT2D eigenvalue weighted by atomic mass is 10.0. The Hall–Kier alpha value is -2.89. The van der Waals surface area contributed by atoms with Gasteiger partial charge in [0.25, 0.3) is 5.91 Å². The van der Waals surface area contributed by atoms with E-state index in [1.54, 1.807) is 0 Å². The molecule has 6 heteroatoms. The quantitative estimate of drug-likeness (QED) is 0.626. The van der Waals surface area contributed by atoms with E-state index in [1.165, 1.54) is 6.92 Å². The topological polar surface area (TPSA) is 90.6 Å². The second-order valence-corrected chi connectivity index (χ2v) is 5.84. The molecule has 0 fully saturated rings. The number of ketones is 1. The zero-order chi connectivity index (χ0) is 17.3. The van der Waals surface area contributed by atoms with Crippen LogP contribution in [0.25, 0.3) is 11.0 Å². The molecule has 0 aliphatic heterocycles. The fourth-order valence-corrected chi connectivity index (χ4v) is 3.03. The normalized spacial score (nSPS) is 11.0. The van der Waals surface area contributed by atoms with E-state index in [1.807, 2.05) is 38.1 Å². The maximum absolute atomic E-state index is 12.7. The number of benzene rings is 1. The number of fused-ring (bicyclic) bond motifs is 1. The zero-order valence-corrected chi connectivity index (χ0v) is 14.0. The largest absolute Gasteiger partial charge is 0.354 e. The number of nitrogens with one attached hydrogen (secondary N) is 3. The summed E-state index contributed by atoms with van der Waals surface area (Å²) in [6.45, 7) is 5.36. The predicted octanol–water partition coefficient (Wildman–Crippen LogP) is 3.61. The van der Waals surface area contributed by atoms with E-state index in [2.05, 4.69) is 20.3 Å². The monoisotopic (exact) mass is 324 g/mol. The molecule has 24 heavy (non-hydrogen) atoms. The molecule has 2 heterocycles. The molecule has 1 aromatic carbocycles. The van der Waals surface area contributed by atoms with Crippen molar-refractivity contribution in [2.45, 2.75) is 33.6 Å². The van der Waals surface area contributed by atoms with E-state index in [0.29, 0.717) is 23.6 Å². The number of carbonyl (C=O) groups excluding carboxylic acids is 2. The van der Waals surface area contributed by atoms with E-state index in [4.69, 9.17) is 0 Å². The van der Waals surface area contributed by atoms with Crippen LogP contribution in [0.2, 0.25) is 0 Å². The van der Waals surface area contributed by atoms with Crippen molar-refractivity contribution in [3.63, 3.8) is 0 Å². The van der Waals surface area contributed by atoms with Crippen molar-refractivity contribution in [3.8, 4) is 0 Å². The average Bonchev–Trinajstić information content (AvgIpc) is 3.07. The van der Waals surface area contributed by atoms with Crippen LogP contribution >= 0.6 is 0 Å². The highest BCUT2D eigenvalue weighted by atomic mass is 16.2. The highest BCUT2D eigenvalue weighted by molar-refractivity contribution is 6.07. The number of Topliss-reactive ketones (excluding diaryl/α,β-unsaturated/α-hetero) is 1. The first kappa shape index (κ1) is 16.0. The summed E-state index contributed by atoms with van der Waals surface area (Å²) >= 11 is 0. The molecule has 0 saturated carbocycles. The van der Waals surface area contributed by atoms with Crippen LogP contribution in [0.15, 0.2) is 24.3 Å². The van der Waals surface area contributed by atoms with Gasteiger partial charge in [-0.05, 0) is 38.0 Å². The number of aromatic nitrogens is 3. The van der Waals surface area contributed by atoms with Gasteiger partial charge in [0.2, 0.25) is 5.95 Å². The molecule has 0 unspecified atom stereocenters. The first-order chi connectivity index (χ1) is 11.5. The van der Waals surface area contributed by atoms with Crippen LogP contribution in [0, 0.1) is 6.92 Å². The Morgan fingerprint density at radius 3 is 2.62 bits per heavy atom. The van der Waals surface area contributed by atoms with Crippen molar-refractivity contribution in [3.05, 3.63) is 46.8 Å². The smallest absolute Gasteiger partial charge is 0.274 e. The lowest BCUT2D eigenvalue weighted by molar-refractivity contribution is 0.101. The van der Waals surface area contributed by atoms with Gasteiger partial charge < -0.3 is 9.97 Å². The van der Waals surface area contributed by atoms with Gasteiger partial charge >= 0.3 is 0 Å². The molecule has 2 aromatic heterocycles. The molecule has 3 rings (SSSR count). The molecular formula is C18H20N4O2. The lowest BCUT2D eigenvalue weighted by Gasteiger charge is -2.05. The van der Waals surface area contributed by atoms with Crippen LogP contribution in [0.5, 0.6) is 0 Å². The fourth-order valence-electron chi connectivity index (χ4n) is 3.03. The number of nitrogens with zero attached hydrogens (tertiary/aromatic N) is 1. The second-order valence-electron chi connectivity index (χ2n) is 5.84. The number of aryl methyl sites for hydroxylation is 1. The number of para-hydroxylation sites is 2. The van der Waals surface area contributed by atoms with Crippen LogP contribution in [0.4, 0.5) is 5.95 Å². The van der Waals surface area contributed by atoms with Gasteiger partial charge in [0.05, 0.1) is 11.0 Å². The number of hydrogen-bond acceptors (Lipinski definition) is 3. The van der Waals surface area contributed by atoms with E-state index < -0.39 is 0 Å². The Kier molecular flexibility index (Phi) is 4.20.